The topological polar surface area (TPSA) is 88.7 Å². The van der Waals surface area contributed by atoms with Gasteiger partial charge in [-0.15, -0.1) is 0 Å². The normalized spacial score (nSPS) is 10.6. The Morgan fingerprint density at radius 2 is 1.74 bits per heavy atom. The molecule has 0 aliphatic rings. The summed E-state index contributed by atoms with van der Waals surface area (Å²) in [6.45, 7) is 4.47. The van der Waals surface area contributed by atoms with E-state index in [4.69, 9.17) is 21.7 Å². The van der Waals surface area contributed by atoms with Crippen LogP contribution in [0.4, 0.5) is 0 Å². The predicted molar refractivity (Wildman–Crippen MR) is 140 cm³/mol. The number of halogens is 1. The van der Waals surface area contributed by atoms with Gasteiger partial charge in [0.05, 0.1) is 12.2 Å². The van der Waals surface area contributed by atoms with Gasteiger partial charge in [0.2, 0.25) is 0 Å². The van der Waals surface area contributed by atoms with Gasteiger partial charge in [-0.05, 0) is 54.2 Å². The molecule has 0 atom stereocenters. The zero-order valence-electron chi connectivity index (χ0n) is 18.9. The van der Waals surface area contributed by atoms with Crippen molar-refractivity contribution in [3.63, 3.8) is 0 Å². The average Bonchev–Trinajstić information content (AvgIpc) is 2.82. The monoisotopic (exact) mass is 543 g/mol. The van der Waals surface area contributed by atoms with Crippen LogP contribution in [0.1, 0.15) is 30.6 Å². The largest absolute Gasteiger partial charge is 0.493 e. The van der Waals surface area contributed by atoms with Gasteiger partial charge in [-0.3, -0.25) is 25.8 Å². The van der Waals surface area contributed by atoms with Crippen molar-refractivity contribution in [1.82, 2.24) is 16.2 Å². The Morgan fingerprint density at radius 1 is 0.971 bits per heavy atom. The average molecular weight is 544 g/mol. The van der Waals surface area contributed by atoms with E-state index in [-0.39, 0.29) is 11.7 Å². The first-order valence-corrected chi connectivity index (χ1v) is 12.0. The first-order valence-electron chi connectivity index (χ1n) is 10.8. The van der Waals surface area contributed by atoms with Gasteiger partial charge in [-0.25, -0.2) is 0 Å². The second-order valence-corrected chi connectivity index (χ2v) is 9.22. The zero-order chi connectivity index (χ0) is 24.5. The van der Waals surface area contributed by atoms with Crippen molar-refractivity contribution >= 4 is 55.8 Å². The summed E-state index contributed by atoms with van der Waals surface area (Å²) in [5, 5.41) is 4.41. The number of hydrogen-bond donors (Lipinski definition) is 3. The lowest BCUT2D eigenvalue weighted by Gasteiger charge is -2.15. The summed E-state index contributed by atoms with van der Waals surface area (Å²) in [5.74, 6) is 0.627. The van der Waals surface area contributed by atoms with Crippen LogP contribution in [0.2, 0.25) is 0 Å². The molecule has 3 N–H and O–H groups in total. The highest BCUT2D eigenvalue weighted by molar-refractivity contribution is 9.10. The summed E-state index contributed by atoms with van der Waals surface area (Å²) < 4.78 is 12.1. The van der Waals surface area contributed by atoms with Crippen molar-refractivity contribution in [2.24, 2.45) is 5.92 Å². The zero-order valence-corrected chi connectivity index (χ0v) is 21.3. The van der Waals surface area contributed by atoms with E-state index in [1.54, 1.807) is 24.3 Å². The summed E-state index contributed by atoms with van der Waals surface area (Å²) in [6.07, 6.45) is 0.865. The van der Waals surface area contributed by atoms with Gasteiger partial charge >= 0.3 is 0 Å². The Hall–Kier alpha value is -3.17. The minimum atomic E-state index is -0.459. The number of fused-ring (bicyclic) bond motifs is 1. The van der Waals surface area contributed by atoms with Gasteiger partial charge in [-0.1, -0.05) is 66.2 Å². The molecule has 0 fully saturated rings. The third-order valence-corrected chi connectivity index (χ3v) is 5.49. The molecule has 0 saturated carbocycles. The molecule has 7 nitrogen and oxygen atoms in total. The number of nitrogens with one attached hydrogen (secondary N) is 3. The highest BCUT2D eigenvalue weighted by atomic mass is 79.9. The first kappa shape index (κ1) is 25.5. The Bertz CT molecular complexity index is 1180. The summed E-state index contributed by atoms with van der Waals surface area (Å²) in [4.78, 5) is 24.9. The fraction of sp³-hybridized carbons (Fsp3) is 0.240. The highest BCUT2D eigenvalue weighted by Gasteiger charge is 2.15. The SMILES string of the molecule is CC(C)CCOc1ccc(Br)cc1C(=O)NC(=S)NNC(=O)COc1cccc2ccccc12. The molecule has 0 saturated heterocycles. The molecule has 0 aliphatic heterocycles. The van der Waals surface area contributed by atoms with Gasteiger partial charge in [0, 0.05) is 9.86 Å². The minimum Gasteiger partial charge on any atom is -0.493 e. The molecule has 0 aliphatic carbocycles. The van der Waals surface area contributed by atoms with Crippen LogP contribution in [0.15, 0.2) is 65.1 Å². The van der Waals surface area contributed by atoms with Crippen molar-refractivity contribution in [1.29, 1.82) is 0 Å². The number of carbonyl (C=O) groups is 2. The van der Waals surface area contributed by atoms with Gasteiger partial charge in [0.1, 0.15) is 11.5 Å². The summed E-state index contributed by atoms with van der Waals surface area (Å²) >= 11 is 8.50. The first-order chi connectivity index (χ1) is 16.3. The second kappa shape index (κ2) is 12.3. The van der Waals surface area contributed by atoms with Crippen LogP contribution in [0, 0.1) is 5.92 Å². The van der Waals surface area contributed by atoms with E-state index in [1.807, 2.05) is 36.4 Å². The quantitative estimate of drug-likeness (QED) is 0.281. The Morgan fingerprint density at radius 3 is 2.53 bits per heavy atom. The maximum atomic E-state index is 12.7. The minimum absolute atomic E-state index is 0.0587. The summed E-state index contributed by atoms with van der Waals surface area (Å²) in [7, 11) is 0. The molecular formula is C25H26BrN3O4S. The van der Waals surface area contributed by atoms with Crippen molar-refractivity contribution in [3.8, 4) is 11.5 Å². The van der Waals surface area contributed by atoms with Gasteiger partial charge in [0.15, 0.2) is 11.7 Å². The van der Waals surface area contributed by atoms with Crippen molar-refractivity contribution in [2.45, 2.75) is 20.3 Å². The number of hydrazine groups is 1. The number of carbonyl (C=O) groups excluding carboxylic acids is 2. The van der Waals surface area contributed by atoms with Crippen LogP contribution < -0.4 is 25.6 Å². The maximum Gasteiger partial charge on any atom is 0.276 e. The van der Waals surface area contributed by atoms with E-state index in [9.17, 15) is 9.59 Å². The molecule has 178 valence electrons. The molecule has 3 aromatic rings. The van der Waals surface area contributed by atoms with E-state index >= 15 is 0 Å². The standard InChI is InChI=1S/C25H26BrN3O4S/c1-16(2)12-13-32-22-11-10-18(26)14-20(22)24(31)27-25(34)29-28-23(30)15-33-21-9-5-7-17-6-3-4-8-19(17)21/h3-11,14,16H,12-13,15H2,1-2H3,(H,28,30)(H2,27,29,31,34). The molecule has 0 spiro atoms. The Balaban J connectivity index is 1.50. The van der Waals surface area contributed by atoms with Gasteiger partial charge < -0.3 is 9.47 Å². The second-order valence-electron chi connectivity index (χ2n) is 7.89. The smallest absolute Gasteiger partial charge is 0.276 e. The van der Waals surface area contributed by atoms with Crippen LogP contribution in [-0.4, -0.2) is 30.1 Å². The van der Waals surface area contributed by atoms with Crippen LogP contribution in [0.3, 0.4) is 0 Å². The van der Waals surface area contributed by atoms with Gasteiger partial charge in [-0.2, -0.15) is 0 Å². The van der Waals surface area contributed by atoms with Gasteiger partial charge in [0.25, 0.3) is 11.8 Å². The van der Waals surface area contributed by atoms with Crippen LogP contribution in [0.5, 0.6) is 11.5 Å². The van der Waals surface area contributed by atoms with E-state index in [0.29, 0.717) is 29.6 Å². The Labute approximate surface area is 212 Å². The van der Waals surface area contributed by atoms with Crippen molar-refractivity contribution in [2.75, 3.05) is 13.2 Å². The van der Waals surface area contributed by atoms with E-state index in [2.05, 4.69) is 45.9 Å². The van der Waals surface area contributed by atoms with E-state index < -0.39 is 11.8 Å². The predicted octanol–water partition coefficient (Wildman–Crippen LogP) is 4.74. The lowest BCUT2D eigenvalue weighted by Crippen LogP contribution is -2.49. The maximum absolute atomic E-state index is 12.7. The molecule has 3 rings (SSSR count). The van der Waals surface area contributed by atoms with Crippen LogP contribution in [0.25, 0.3) is 10.8 Å². The number of benzene rings is 3. The third kappa shape index (κ3) is 7.43. The molecule has 34 heavy (non-hydrogen) atoms. The van der Waals surface area contributed by atoms with Crippen molar-refractivity contribution < 1.29 is 19.1 Å². The number of thiocarbonyl (C=S) groups is 1. The lowest BCUT2D eigenvalue weighted by molar-refractivity contribution is -0.123. The molecule has 0 radical (unpaired) electrons. The molecule has 3 aromatic carbocycles. The van der Waals surface area contributed by atoms with Crippen molar-refractivity contribution in [3.05, 3.63) is 70.7 Å². The summed E-state index contributed by atoms with van der Waals surface area (Å²) in [6, 6.07) is 18.5. The molecular weight excluding hydrogens is 518 g/mol. The molecule has 0 bridgehead atoms. The van der Waals surface area contributed by atoms with E-state index in [0.717, 1.165) is 21.7 Å². The fourth-order valence-corrected chi connectivity index (χ4v) is 3.54. The number of amides is 2. The third-order valence-electron chi connectivity index (χ3n) is 4.79. The molecule has 0 unspecified atom stereocenters. The lowest BCUT2D eigenvalue weighted by atomic mass is 10.1. The number of hydrogen-bond acceptors (Lipinski definition) is 5. The fourth-order valence-electron chi connectivity index (χ4n) is 3.04. The Kier molecular flexibility index (Phi) is 9.24. The van der Waals surface area contributed by atoms with Crippen LogP contribution >= 0.6 is 28.1 Å². The molecule has 9 heteroatoms. The number of ether oxygens (including phenoxy) is 2. The molecule has 2 amide bonds. The molecule has 0 aromatic heterocycles. The number of rotatable bonds is 8. The summed E-state index contributed by atoms with van der Waals surface area (Å²) in [5.41, 5.74) is 5.26. The molecule has 0 heterocycles. The highest BCUT2D eigenvalue weighted by Crippen LogP contribution is 2.25. The van der Waals surface area contributed by atoms with E-state index in [1.165, 1.54) is 0 Å². The van der Waals surface area contributed by atoms with Crippen LogP contribution in [-0.2, 0) is 4.79 Å².